The summed E-state index contributed by atoms with van der Waals surface area (Å²) in [6, 6.07) is 2.23. The van der Waals surface area contributed by atoms with E-state index in [1.807, 2.05) is 19.2 Å². The molecular weight excluding hydrogens is 210 g/mol. The van der Waals surface area contributed by atoms with Crippen LogP contribution in [0.2, 0.25) is 0 Å². The van der Waals surface area contributed by atoms with Crippen molar-refractivity contribution in [2.45, 2.75) is 32.9 Å². The third-order valence-electron chi connectivity index (χ3n) is 2.70. The summed E-state index contributed by atoms with van der Waals surface area (Å²) in [7, 11) is 0. The molecule has 3 atom stereocenters. The molecule has 84 valence electrons. The maximum atomic E-state index is 10.8. The summed E-state index contributed by atoms with van der Waals surface area (Å²) >= 11 is 1.65. The van der Waals surface area contributed by atoms with Gasteiger partial charge in [-0.3, -0.25) is 4.79 Å². The average Bonchev–Trinajstić information content (AvgIpc) is 2.68. The van der Waals surface area contributed by atoms with Crippen LogP contribution in [0.15, 0.2) is 16.8 Å². The molecule has 0 aliphatic carbocycles. The van der Waals surface area contributed by atoms with Gasteiger partial charge in [-0.2, -0.15) is 11.3 Å². The van der Waals surface area contributed by atoms with Gasteiger partial charge in [-0.15, -0.1) is 0 Å². The lowest BCUT2D eigenvalue weighted by Crippen LogP contribution is -2.37. The predicted octanol–water partition coefficient (Wildman–Crippen LogP) is 2.51. The largest absolute Gasteiger partial charge is 0.481 e. The Morgan fingerprint density at radius 1 is 1.47 bits per heavy atom. The van der Waals surface area contributed by atoms with E-state index in [4.69, 9.17) is 5.11 Å². The zero-order chi connectivity index (χ0) is 11.4. The second kappa shape index (κ2) is 5.28. The number of hydrogen-bond donors (Lipinski definition) is 2. The van der Waals surface area contributed by atoms with Crippen LogP contribution in [0.1, 0.15) is 32.4 Å². The molecule has 0 aromatic carbocycles. The van der Waals surface area contributed by atoms with Crippen LogP contribution in [0.5, 0.6) is 0 Å². The normalized spacial score (nSPS) is 17.0. The van der Waals surface area contributed by atoms with Crippen LogP contribution in [-0.2, 0) is 4.79 Å². The molecule has 0 amide bonds. The molecule has 0 fully saturated rings. The molecule has 4 heteroatoms. The first-order valence-corrected chi connectivity index (χ1v) is 5.97. The van der Waals surface area contributed by atoms with Gasteiger partial charge in [0, 0.05) is 12.1 Å². The van der Waals surface area contributed by atoms with Gasteiger partial charge in [0.15, 0.2) is 0 Å². The van der Waals surface area contributed by atoms with Gasteiger partial charge in [0.05, 0.1) is 5.92 Å². The Bertz CT molecular complexity index is 310. The van der Waals surface area contributed by atoms with Crippen molar-refractivity contribution in [1.29, 1.82) is 0 Å². The number of carbonyl (C=O) groups is 1. The molecule has 0 bridgehead atoms. The maximum absolute atomic E-state index is 10.8. The van der Waals surface area contributed by atoms with Crippen LogP contribution >= 0.6 is 11.3 Å². The Labute approximate surface area is 94.1 Å². The van der Waals surface area contributed by atoms with Crippen LogP contribution in [-0.4, -0.2) is 17.1 Å². The number of nitrogens with one attached hydrogen (secondary N) is 1. The van der Waals surface area contributed by atoms with E-state index >= 15 is 0 Å². The van der Waals surface area contributed by atoms with E-state index in [-0.39, 0.29) is 18.0 Å². The minimum Gasteiger partial charge on any atom is -0.481 e. The molecule has 0 saturated carbocycles. The molecule has 1 heterocycles. The fourth-order valence-electron chi connectivity index (χ4n) is 1.37. The van der Waals surface area contributed by atoms with Crippen LogP contribution in [0, 0.1) is 5.92 Å². The quantitative estimate of drug-likeness (QED) is 0.812. The first-order chi connectivity index (χ1) is 7.02. The van der Waals surface area contributed by atoms with Crippen LogP contribution in [0.3, 0.4) is 0 Å². The summed E-state index contributed by atoms with van der Waals surface area (Å²) in [6.45, 7) is 5.68. The summed E-state index contributed by atoms with van der Waals surface area (Å²) < 4.78 is 0. The fraction of sp³-hybridized carbons (Fsp3) is 0.545. The Kier molecular flexibility index (Phi) is 4.29. The van der Waals surface area contributed by atoms with Crippen molar-refractivity contribution in [1.82, 2.24) is 5.32 Å². The van der Waals surface area contributed by atoms with Crippen molar-refractivity contribution in [3.8, 4) is 0 Å². The highest BCUT2D eigenvalue weighted by Crippen LogP contribution is 2.17. The number of rotatable bonds is 5. The van der Waals surface area contributed by atoms with E-state index < -0.39 is 5.97 Å². The fourth-order valence-corrected chi connectivity index (χ4v) is 2.12. The minimum atomic E-state index is -0.757. The molecule has 1 rings (SSSR count). The Morgan fingerprint density at radius 3 is 2.60 bits per heavy atom. The highest BCUT2D eigenvalue weighted by atomic mass is 32.1. The van der Waals surface area contributed by atoms with Crippen molar-refractivity contribution in [3.63, 3.8) is 0 Å². The molecule has 0 aliphatic heterocycles. The summed E-state index contributed by atoms with van der Waals surface area (Å²) in [6.07, 6.45) is 0. The Morgan fingerprint density at radius 2 is 2.13 bits per heavy atom. The zero-order valence-electron chi connectivity index (χ0n) is 9.23. The first kappa shape index (κ1) is 12.2. The van der Waals surface area contributed by atoms with Gasteiger partial charge in [-0.05, 0) is 36.2 Å². The van der Waals surface area contributed by atoms with E-state index in [0.717, 1.165) is 0 Å². The number of thiophene rings is 1. The molecule has 0 radical (unpaired) electrons. The monoisotopic (exact) mass is 227 g/mol. The second-order valence-electron chi connectivity index (χ2n) is 3.86. The SMILES string of the molecule is CC(NC(C)C(C)C(=O)O)c1ccsc1. The molecule has 0 spiro atoms. The van der Waals surface area contributed by atoms with Gasteiger partial charge >= 0.3 is 5.97 Å². The van der Waals surface area contributed by atoms with Gasteiger partial charge in [0.25, 0.3) is 0 Å². The molecule has 0 saturated heterocycles. The van der Waals surface area contributed by atoms with Crippen molar-refractivity contribution in [2.75, 3.05) is 0 Å². The number of hydrogen-bond acceptors (Lipinski definition) is 3. The average molecular weight is 227 g/mol. The van der Waals surface area contributed by atoms with Crippen molar-refractivity contribution in [2.24, 2.45) is 5.92 Å². The maximum Gasteiger partial charge on any atom is 0.307 e. The molecule has 1 aromatic heterocycles. The molecule has 2 N–H and O–H groups in total. The Hall–Kier alpha value is -0.870. The topological polar surface area (TPSA) is 49.3 Å². The van der Waals surface area contributed by atoms with Crippen LogP contribution < -0.4 is 5.32 Å². The van der Waals surface area contributed by atoms with E-state index in [1.165, 1.54) is 5.56 Å². The summed E-state index contributed by atoms with van der Waals surface area (Å²) in [4.78, 5) is 10.8. The standard InChI is InChI=1S/C11H17NO2S/c1-7(11(13)14)8(2)12-9(3)10-4-5-15-6-10/h4-9,12H,1-3H3,(H,13,14). The third-order valence-corrected chi connectivity index (χ3v) is 3.40. The number of carboxylic acid groups (broad SMARTS) is 1. The predicted molar refractivity (Wildman–Crippen MR) is 62.1 cm³/mol. The third kappa shape index (κ3) is 3.32. The molecule has 1 aromatic rings. The van der Waals surface area contributed by atoms with E-state index in [9.17, 15) is 4.79 Å². The van der Waals surface area contributed by atoms with Crippen LogP contribution in [0.4, 0.5) is 0 Å². The molecule has 3 nitrogen and oxygen atoms in total. The molecule has 15 heavy (non-hydrogen) atoms. The van der Waals surface area contributed by atoms with Gasteiger partial charge in [0.1, 0.15) is 0 Å². The van der Waals surface area contributed by atoms with Gasteiger partial charge in [-0.25, -0.2) is 0 Å². The lowest BCUT2D eigenvalue weighted by molar-refractivity contribution is -0.142. The van der Waals surface area contributed by atoms with E-state index in [2.05, 4.69) is 16.8 Å². The van der Waals surface area contributed by atoms with Gasteiger partial charge in [-0.1, -0.05) is 6.92 Å². The van der Waals surface area contributed by atoms with Crippen molar-refractivity contribution in [3.05, 3.63) is 22.4 Å². The van der Waals surface area contributed by atoms with Crippen molar-refractivity contribution >= 4 is 17.3 Å². The first-order valence-electron chi connectivity index (χ1n) is 5.03. The molecule has 3 unspecified atom stereocenters. The lowest BCUT2D eigenvalue weighted by atomic mass is 10.0. The van der Waals surface area contributed by atoms with Crippen molar-refractivity contribution < 1.29 is 9.90 Å². The summed E-state index contributed by atoms with van der Waals surface area (Å²) in [5.41, 5.74) is 1.21. The molecule has 0 aliphatic rings. The van der Waals surface area contributed by atoms with E-state index in [0.29, 0.717) is 0 Å². The van der Waals surface area contributed by atoms with Gasteiger partial charge in [0.2, 0.25) is 0 Å². The van der Waals surface area contributed by atoms with Crippen LogP contribution in [0.25, 0.3) is 0 Å². The smallest absolute Gasteiger partial charge is 0.307 e. The summed E-state index contributed by atoms with van der Waals surface area (Å²) in [5, 5.41) is 16.3. The molecular formula is C11H17NO2S. The van der Waals surface area contributed by atoms with E-state index in [1.54, 1.807) is 18.3 Å². The highest BCUT2D eigenvalue weighted by Gasteiger charge is 2.20. The summed E-state index contributed by atoms with van der Waals surface area (Å²) in [5.74, 6) is -1.13. The highest BCUT2D eigenvalue weighted by molar-refractivity contribution is 7.07. The van der Waals surface area contributed by atoms with Gasteiger partial charge < -0.3 is 10.4 Å². The minimum absolute atomic E-state index is 0.0302. The Balaban J connectivity index is 2.51. The lowest BCUT2D eigenvalue weighted by Gasteiger charge is -2.22. The zero-order valence-corrected chi connectivity index (χ0v) is 10.0. The number of carboxylic acids is 1. The second-order valence-corrected chi connectivity index (χ2v) is 4.64. The number of aliphatic carboxylic acids is 1.